The number of carbonyl (C=O) groups is 1. The molecule has 0 bridgehead atoms. The summed E-state index contributed by atoms with van der Waals surface area (Å²) >= 11 is 0. The Morgan fingerprint density at radius 3 is 2.73 bits per heavy atom. The van der Waals surface area contributed by atoms with Crippen molar-refractivity contribution in [1.82, 2.24) is 19.4 Å². The third-order valence-corrected chi connectivity index (χ3v) is 8.08. The SMILES string of the molecule is CCOC(=O)c1ncn2c1CCc1c(CCN3CCC(c4cccc5nc(C)ccc45)CC3)cccc1-2. The average Bonchev–Trinajstić information content (AvgIpc) is 3.37. The van der Waals surface area contributed by atoms with Gasteiger partial charge in [-0.05, 0) is 99.8 Å². The van der Waals surface area contributed by atoms with Crippen molar-refractivity contribution in [2.24, 2.45) is 0 Å². The lowest BCUT2D eigenvalue weighted by Gasteiger charge is -2.33. The molecule has 2 aliphatic rings. The lowest BCUT2D eigenvalue weighted by molar-refractivity contribution is 0.0518. The normalized spacial score (nSPS) is 15.9. The molecule has 2 aromatic carbocycles. The van der Waals surface area contributed by atoms with E-state index in [4.69, 9.17) is 9.72 Å². The van der Waals surface area contributed by atoms with E-state index < -0.39 is 0 Å². The van der Waals surface area contributed by atoms with Crippen LogP contribution in [0.1, 0.15) is 64.2 Å². The van der Waals surface area contributed by atoms with Crippen LogP contribution >= 0.6 is 0 Å². The quantitative estimate of drug-likeness (QED) is 0.335. The molecule has 0 radical (unpaired) electrons. The summed E-state index contributed by atoms with van der Waals surface area (Å²) in [6.07, 6.45) is 6.94. The fraction of sp³-hybridized carbons (Fsp3) is 0.387. The minimum atomic E-state index is -0.325. The van der Waals surface area contributed by atoms with Crippen LogP contribution in [-0.4, -0.2) is 51.6 Å². The van der Waals surface area contributed by atoms with E-state index in [2.05, 4.69) is 69.9 Å². The van der Waals surface area contributed by atoms with Crippen molar-refractivity contribution in [3.05, 3.63) is 88.6 Å². The molecule has 6 heteroatoms. The van der Waals surface area contributed by atoms with Crippen molar-refractivity contribution in [3.63, 3.8) is 0 Å². The lowest BCUT2D eigenvalue weighted by atomic mass is 9.87. The molecule has 0 saturated carbocycles. The summed E-state index contributed by atoms with van der Waals surface area (Å²) < 4.78 is 7.29. The molecule has 190 valence electrons. The fourth-order valence-electron chi connectivity index (χ4n) is 6.19. The molecule has 6 rings (SSSR count). The van der Waals surface area contributed by atoms with E-state index in [0.29, 0.717) is 18.2 Å². The van der Waals surface area contributed by atoms with Crippen LogP contribution in [0.15, 0.2) is 54.9 Å². The molecule has 0 unspecified atom stereocenters. The predicted octanol–water partition coefficient (Wildman–Crippen LogP) is 5.43. The summed E-state index contributed by atoms with van der Waals surface area (Å²) in [7, 11) is 0. The highest BCUT2D eigenvalue weighted by Gasteiger charge is 2.26. The summed E-state index contributed by atoms with van der Waals surface area (Å²) in [5, 5.41) is 1.31. The van der Waals surface area contributed by atoms with E-state index in [0.717, 1.165) is 61.5 Å². The second-order valence-corrected chi connectivity index (χ2v) is 10.3. The van der Waals surface area contributed by atoms with E-state index in [1.165, 1.54) is 34.9 Å². The predicted molar refractivity (Wildman–Crippen MR) is 146 cm³/mol. The van der Waals surface area contributed by atoms with Crippen molar-refractivity contribution < 1.29 is 9.53 Å². The number of ether oxygens (including phenoxy) is 1. The van der Waals surface area contributed by atoms with Crippen LogP contribution < -0.4 is 0 Å². The Bertz CT molecular complexity index is 1450. The summed E-state index contributed by atoms with van der Waals surface area (Å²) in [4.78, 5) is 24.1. The fourth-order valence-corrected chi connectivity index (χ4v) is 6.19. The number of aryl methyl sites for hydroxylation is 1. The molecule has 0 N–H and O–H groups in total. The Hall–Kier alpha value is -3.51. The van der Waals surface area contributed by atoms with Crippen LogP contribution in [0.3, 0.4) is 0 Å². The number of nitrogens with zero attached hydrogens (tertiary/aromatic N) is 4. The molecule has 0 aliphatic carbocycles. The number of imidazole rings is 1. The van der Waals surface area contributed by atoms with Crippen LogP contribution in [0.4, 0.5) is 0 Å². The molecule has 6 nitrogen and oxygen atoms in total. The largest absolute Gasteiger partial charge is 0.461 e. The van der Waals surface area contributed by atoms with Crippen LogP contribution in [0.5, 0.6) is 0 Å². The molecule has 0 amide bonds. The molecule has 1 saturated heterocycles. The van der Waals surface area contributed by atoms with Gasteiger partial charge in [0.15, 0.2) is 5.69 Å². The zero-order chi connectivity index (χ0) is 25.4. The van der Waals surface area contributed by atoms with E-state index in [9.17, 15) is 4.79 Å². The lowest BCUT2D eigenvalue weighted by Crippen LogP contribution is -2.34. The van der Waals surface area contributed by atoms with Gasteiger partial charge in [-0.15, -0.1) is 0 Å². The molecule has 2 aliphatic heterocycles. The number of esters is 1. The van der Waals surface area contributed by atoms with Gasteiger partial charge >= 0.3 is 5.97 Å². The molecule has 0 spiro atoms. The maximum absolute atomic E-state index is 12.3. The molecule has 1 fully saturated rings. The Kier molecular flexibility index (Phi) is 6.51. The second-order valence-electron chi connectivity index (χ2n) is 10.3. The van der Waals surface area contributed by atoms with E-state index >= 15 is 0 Å². The summed E-state index contributed by atoms with van der Waals surface area (Å²) in [6, 6.07) is 17.5. The second kappa shape index (κ2) is 10.1. The van der Waals surface area contributed by atoms with Crippen LogP contribution in [0.25, 0.3) is 16.6 Å². The molecule has 37 heavy (non-hydrogen) atoms. The minimum absolute atomic E-state index is 0.325. The molecule has 2 aromatic heterocycles. The van der Waals surface area contributed by atoms with Gasteiger partial charge in [0.2, 0.25) is 0 Å². The van der Waals surface area contributed by atoms with Crippen LogP contribution in [0.2, 0.25) is 0 Å². The molecule has 0 atom stereocenters. The number of hydrogen-bond acceptors (Lipinski definition) is 5. The van der Waals surface area contributed by atoms with Crippen molar-refractivity contribution in [3.8, 4) is 5.69 Å². The number of benzene rings is 2. The highest BCUT2D eigenvalue weighted by Crippen LogP contribution is 2.33. The maximum atomic E-state index is 12.3. The standard InChI is InChI=1S/C31H34N4O2/c1-3-37-31(36)30-29-13-12-25-22(6-4-9-28(25)35(29)20-32-30)14-17-34-18-15-23(16-19-34)24-7-5-8-27-26(24)11-10-21(2)33-27/h4-11,20,23H,3,12-19H2,1-2H3. The van der Waals surface area contributed by atoms with Gasteiger partial charge in [-0.25, -0.2) is 9.78 Å². The number of likely N-dealkylation sites (tertiary alicyclic amines) is 1. The van der Waals surface area contributed by atoms with Crippen molar-refractivity contribution in [2.75, 3.05) is 26.2 Å². The first kappa shape index (κ1) is 23.9. The zero-order valence-electron chi connectivity index (χ0n) is 21.7. The highest BCUT2D eigenvalue weighted by atomic mass is 16.5. The van der Waals surface area contributed by atoms with E-state index in [1.807, 2.05) is 6.92 Å². The van der Waals surface area contributed by atoms with E-state index in [-0.39, 0.29) is 5.97 Å². The van der Waals surface area contributed by atoms with Crippen LogP contribution in [0, 0.1) is 6.92 Å². The Morgan fingerprint density at radius 2 is 1.89 bits per heavy atom. The summed E-state index contributed by atoms with van der Waals surface area (Å²) in [5.41, 5.74) is 9.01. The van der Waals surface area contributed by atoms with Gasteiger partial charge in [0, 0.05) is 17.6 Å². The average molecular weight is 495 g/mol. The van der Waals surface area contributed by atoms with Crippen molar-refractivity contribution in [1.29, 1.82) is 0 Å². The first-order chi connectivity index (χ1) is 18.1. The minimum Gasteiger partial charge on any atom is -0.461 e. The van der Waals surface area contributed by atoms with Crippen molar-refractivity contribution in [2.45, 2.75) is 51.9 Å². The Morgan fingerprint density at radius 1 is 1.05 bits per heavy atom. The smallest absolute Gasteiger partial charge is 0.358 e. The topological polar surface area (TPSA) is 60.2 Å². The molecular weight excluding hydrogens is 460 g/mol. The summed E-state index contributed by atoms with van der Waals surface area (Å²) in [5.74, 6) is 0.274. The number of rotatable bonds is 6. The van der Waals surface area contributed by atoms with Gasteiger partial charge in [-0.1, -0.05) is 30.3 Å². The monoisotopic (exact) mass is 494 g/mol. The zero-order valence-corrected chi connectivity index (χ0v) is 21.7. The van der Waals surface area contributed by atoms with Gasteiger partial charge < -0.3 is 14.2 Å². The van der Waals surface area contributed by atoms with Gasteiger partial charge in [0.1, 0.15) is 6.33 Å². The Labute approximate surface area is 218 Å². The first-order valence-electron chi connectivity index (χ1n) is 13.6. The first-order valence-corrected chi connectivity index (χ1v) is 13.6. The number of aromatic nitrogens is 3. The van der Waals surface area contributed by atoms with Gasteiger partial charge in [-0.3, -0.25) is 4.98 Å². The highest BCUT2D eigenvalue weighted by molar-refractivity contribution is 5.89. The number of hydrogen-bond donors (Lipinski definition) is 0. The third-order valence-electron chi connectivity index (χ3n) is 8.08. The van der Waals surface area contributed by atoms with Crippen LogP contribution in [-0.2, 0) is 24.0 Å². The molecule has 4 aromatic rings. The number of piperidine rings is 1. The Balaban J connectivity index is 1.12. The van der Waals surface area contributed by atoms with Gasteiger partial charge in [-0.2, -0.15) is 0 Å². The van der Waals surface area contributed by atoms with Gasteiger partial charge in [0.05, 0.1) is 23.5 Å². The summed E-state index contributed by atoms with van der Waals surface area (Å²) in [6.45, 7) is 7.58. The van der Waals surface area contributed by atoms with E-state index in [1.54, 1.807) is 6.33 Å². The molecular formula is C31H34N4O2. The number of pyridine rings is 1. The van der Waals surface area contributed by atoms with Crippen molar-refractivity contribution >= 4 is 16.9 Å². The maximum Gasteiger partial charge on any atom is 0.358 e. The number of fused-ring (bicyclic) bond motifs is 4. The molecule has 4 heterocycles. The number of carbonyl (C=O) groups excluding carboxylic acids is 1. The van der Waals surface area contributed by atoms with Gasteiger partial charge in [0.25, 0.3) is 0 Å². The third kappa shape index (κ3) is 4.55.